The number of hydrogen-bond acceptors (Lipinski definition) is 7. The fourth-order valence-electron chi connectivity index (χ4n) is 1.92. The van der Waals surface area contributed by atoms with E-state index >= 15 is 0 Å². The second-order valence-electron chi connectivity index (χ2n) is 4.04. The number of rotatable bonds is 4. The second kappa shape index (κ2) is 5.53. The molecule has 0 radical (unpaired) electrons. The van der Waals surface area contributed by atoms with Gasteiger partial charge in [-0.1, -0.05) is 5.16 Å². The Morgan fingerprint density at radius 2 is 2.25 bits per heavy atom. The van der Waals surface area contributed by atoms with Crippen molar-refractivity contribution >= 4 is 35.3 Å². The van der Waals surface area contributed by atoms with Gasteiger partial charge in [0.05, 0.1) is 0 Å². The summed E-state index contributed by atoms with van der Waals surface area (Å²) in [7, 11) is 1.32. The maximum Gasteiger partial charge on any atom is 0.352 e. The number of aliphatic carboxylic acids is 1. The smallest absolute Gasteiger partial charge is 0.352 e. The molecule has 0 spiro atoms. The van der Waals surface area contributed by atoms with Gasteiger partial charge in [-0.3, -0.25) is 14.5 Å². The fourth-order valence-corrected chi connectivity index (χ4v) is 3.15. The molecule has 0 unspecified atom stereocenters. The van der Waals surface area contributed by atoms with Gasteiger partial charge in [0.25, 0.3) is 5.91 Å². The monoisotopic (exact) mass is 300 g/mol. The summed E-state index contributed by atoms with van der Waals surface area (Å²) in [5.41, 5.74) is 0.427. The molecule has 2 heterocycles. The van der Waals surface area contributed by atoms with Gasteiger partial charge in [0.2, 0.25) is 0 Å². The number of oxime groups is 1. The standard InChI is InChI=1S/C11H12N2O6S/c1-5(14)19-3-6-4-20-10-7(12-18-2)9(15)13(10)8(6)11(16)17/h10H,3-4H2,1-2H3,(H,16,17)/t10-/m0/s1. The number of carbonyl (C=O) groups is 3. The quantitative estimate of drug-likeness (QED) is 0.435. The number of carboxylic acid groups (broad SMARTS) is 1. The van der Waals surface area contributed by atoms with Crippen LogP contribution in [0, 0.1) is 0 Å². The van der Waals surface area contributed by atoms with Crippen molar-refractivity contribution in [2.24, 2.45) is 5.16 Å². The van der Waals surface area contributed by atoms with Crippen LogP contribution in [0.2, 0.25) is 0 Å². The average molecular weight is 300 g/mol. The first kappa shape index (κ1) is 14.4. The molecular weight excluding hydrogens is 288 g/mol. The zero-order chi connectivity index (χ0) is 14.9. The highest BCUT2D eigenvalue weighted by Crippen LogP contribution is 2.38. The Balaban J connectivity index is 2.28. The van der Waals surface area contributed by atoms with Gasteiger partial charge in [0.15, 0.2) is 5.71 Å². The molecule has 0 bridgehead atoms. The van der Waals surface area contributed by atoms with E-state index in [9.17, 15) is 19.5 Å². The van der Waals surface area contributed by atoms with Crippen molar-refractivity contribution < 1.29 is 29.1 Å². The van der Waals surface area contributed by atoms with Crippen molar-refractivity contribution in [3.63, 3.8) is 0 Å². The van der Waals surface area contributed by atoms with Gasteiger partial charge in [-0.05, 0) is 0 Å². The molecule has 9 heteroatoms. The highest BCUT2D eigenvalue weighted by Gasteiger charge is 2.51. The van der Waals surface area contributed by atoms with E-state index in [1.54, 1.807) is 0 Å². The lowest BCUT2D eigenvalue weighted by Gasteiger charge is -2.43. The number of carboxylic acids is 1. The van der Waals surface area contributed by atoms with Crippen LogP contribution in [0.3, 0.4) is 0 Å². The Kier molecular flexibility index (Phi) is 3.98. The predicted molar refractivity (Wildman–Crippen MR) is 68.8 cm³/mol. The molecule has 20 heavy (non-hydrogen) atoms. The number of fused-ring (bicyclic) bond motifs is 1. The molecule has 0 saturated carbocycles. The maximum absolute atomic E-state index is 11.9. The zero-order valence-corrected chi connectivity index (χ0v) is 11.6. The lowest BCUT2D eigenvalue weighted by atomic mass is 10.1. The van der Waals surface area contributed by atoms with E-state index in [1.165, 1.54) is 25.8 Å². The van der Waals surface area contributed by atoms with Gasteiger partial charge in [-0.15, -0.1) is 11.8 Å². The Morgan fingerprint density at radius 3 is 2.80 bits per heavy atom. The third kappa shape index (κ3) is 2.36. The Bertz CT molecular complexity index is 541. The molecule has 1 atom stereocenters. The second-order valence-corrected chi connectivity index (χ2v) is 5.10. The summed E-state index contributed by atoms with van der Waals surface area (Å²) in [5.74, 6) is -1.92. The van der Waals surface area contributed by atoms with Crippen LogP contribution in [-0.2, 0) is 24.0 Å². The number of esters is 1. The minimum absolute atomic E-state index is 0.142. The van der Waals surface area contributed by atoms with E-state index in [-0.39, 0.29) is 18.0 Å². The molecular formula is C11H12N2O6S. The van der Waals surface area contributed by atoms with E-state index in [1.807, 2.05) is 0 Å². The number of nitrogens with zero attached hydrogens (tertiary/aromatic N) is 2. The van der Waals surface area contributed by atoms with Crippen LogP contribution in [0.15, 0.2) is 16.4 Å². The van der Waals surface area contributed by atoms with E-state index in [2.05, 4.69) is 9.99 Å². The Labute approximate surface area is 118 Å². The van der Waals surface area contributed by atoms with E-state index < -0.39 is 23.2 Å². The topological polar surface area (TPSA) is 106 Å². The molecule has 0 aliphatic carbocycles. The molecule has 1 N–H and O–H groups in total. The predicted octanol–water partition coefficient (Wildman–Crippen LogP) is -0.194. The van der Waals surface area contributed by atoms with Crippen LogP contribution in [0.4, 0.5) is 0 Å². The van der Waals surface area contributed by atoms with Gasteiger partial charge in [-0.25, -0.2) is 4.79 Å². The van der Waals surface area contributed by atoms with Gasteiger partial charge >= 0.3 is 11.9 Å². The number of β-lactam (4-membered cyclic amide) rings is 1. The SMILES string of the molecule is CON=C1C(=O)N2C(C(=O)O)=C(COC(C)=O)CS[C@@H]12. The first-order chi connectivity index (χ1) is 9.47. The van der Waals surface area contributed by atoms with Gasteiger partial charge in [-0.2, -0.15) is 0 Å². The normalized spacial score (nSPS) is 23.3. The fraction of sp³-hybridized carbons (Fsp3) is 0.455. The van der Waals surface area contributed by atoms with Crippen LogP contribution in [0.5, 0.6) is 0 Å². The van der Waals surface area contributed by atoms with Crippen molar-refractivity contribution in [1.82, 2.24) is 4.90 Å². The molecule has 1 amide bonds. The molecule has 2 aliphatic heterocycles. The maximum atomic E-state index is 11.9. The van der Waals surface area contributed by atoms with Crippen LogP contribution >= 0.6 is 11.8 Å². The Hall–Kier alpha value is -2.03. The lowest BCUT2D eigenvalue weighted by Crippen LogP contribution is -2.62. The molecule has 2 rings (SSSR count). The highest BCUT2D eigenvalue weighted by molar-refractivity contribution is 8.01. The molecule has 1 fully saturated rings. The summed E-state index contributed by atoms with van der Waals surface area (Å²) in [6.07, 6.45) is 0. The number of carbonyl (C=O) groups excluding carboxylic acids is 2. The minimum Gasteiger partial charge on any atom is -0.477 e. The van der Waals surface area contributed by atoms with Crippen molar-refractivity contribution in [3.05, 3.63) is 11.3 Å². The Morgan fingerprint density at radius 1 is 1.55 bits per heavy atom. The zero-order valence-electron chi connectivity index (χ0n) is 10.8. The molecule has 0 aromatic heterocycles. The van der Waals surface area contributed by atoms with E-state index in [0.717, 1.165) is 4.90 Å². The van der Waals surface area contributed by atoms with Crippen molar-refractivity contribution in [2.75, 3.05) is 19.5 Å². The largest absolute Gasteiger partial charge is 0.477 e. The molecule has 8 nitrogen and oxygen atoms in total. The number of ether oxygens (including phenoxy) is 1. The summed E-state index contributed by atoms with van der Waals surface area (Å²) in [6.45, 7) is 1.09. The summed E-state index contributed by atoms with van der Waals surface area (Å²) < 4.78 is 4.81. The summed E-state index contributed by atoms with van der Waals surface area (Å²) in [5, 5.41) is 12.4. The van der Waals surface area contributed by atoms with E-state index in [4.69, 9.17) is 4.74 Å². The first-order valence-corrected chi connectivity index (χ1v) is 6.67. The molecule has 0 aromatic rings. The van der Waals surface area contributed by atoms with Gasteiger partial charge in [0.1, 0.15) is 24.8 Å². The minimum atomic E-state index is -1.23. The molecule has 1 saturated heterocycles. The highest BCUT2D eigenvalue weighted by atomic mass is 32.2. The third-order valence-electron chi connectivity index (χ3n) is 2.74. The van der Waals surface area contributed by atoms with Gasteiger partial charge in [0, 0.05) is 18.2 Å². The number of thioether (sulfide) groups is 1. The molecule has 108 valence electrons. The average Bonchev–Trinajstić information content (AvgIpc) is 2.40. The van der Waals surface area contributed by atoms with Crippen LogP contribution in [0.25, 0.3) is 0 Å². The molecule has 0 aromatic carbocycles. The van der Waals surface area contributed by atoms with Crippen LogP contribution in [-0.4, -0.2) is 58.4 Å². The summed E-state index contributed by atoms with van der Waals surface area (Å²) in [6, 6.07) is 0. The van der Waals surface area contributed by atoms with Crippen molar-refractivity contribution in [1.29, 1.82) is 0 Å². The first-order valence-electron chi connectivity index (χ1n) is 5.62. The summed E-state index contributed by atoms with van der Waals surface area (Å²) >= 11 is 1.33. The number of amides is 1. The summed E-state index contributed by atoms with van der Waals surface area (Å²) in [4.78, 5) is 39.7. The molecule has 2 aliphatic rings. The van der Waals surface area contributed by atoms with E-state index in [0.29, 0.717) is 11.3 Å². The third-order valence-corrected chi connectivity index (χ3v) is 4.00. The van der Waals surface area contributed by atoms with Gasteiger partial charge < -0.3 is 14.7 Å². The van der Waals surface area contributed by atoms with Crippen molar-refractivity contribution in [2.45, 2.75) is 12.3 Å². The van der Waals surface area contributed by atoms with Crippen LogP contribution in [0.1, 0.15) is 6.92 Å². The lowest BCUT2D eigenvalue weighted by molar-refractivity contribution is -0.141. The number of hydrogen-bond donors (Lipinski definition) is 1. The van der Waals surface area contributed by atoms with Crippen molar-refractivity contribution in [3.8, 4) is 0 Å². The van der Waals surface area contributed by atoms with Crippen LogP contribution < -0.4 is 0 Å².